The van der Waals surface area contributed by atoms with Crippen molar-refractivity contribution in [3.8, 4) is 5.75 Å². The molecule has 0 fully saturated rings. The first-order valence-electron chi connectivity index (χ1n) is 5.64. The Morgan fingerprint density at radius 3 is 2.53 bits per heavy atom. The van der Waals surface area contributed by atoms with Gasteiger partial charge in [-0.25, -0.2) is 0 Å². The van der Waals surface area contributed by atoms with Crippen LogP contribution in [0.1, 0.15) is 19.4 Å². The lowest BCUT2D eigenvalue weighted by Gasteiger charge is -2.09. The molecule has 0 saturated heterocycles. The first-order chi connectivity index (χ1) is 8.09. The third-order valence-corrected chi connectivity index (χ3v) is 2.69. The summed E-state index contributed by atoms with van der Waals surface area (Å²) in [6.45, 7) is 8.08. The third-order valence-electron chi connectivity index (χ3n) is 2.69. The second kappa shape index (κ2) is 4.46. The van der Waals surface area contributed by atoms with Gasteiger partial charge in [0.1, 0.15) is 5.75 Å². The predicted molar refractivity (Wildman–Crippen MR) is 74.1 cm³/mol. The Morgan fingerprint density at radius 2 is 1.82 bits per heavy atom. The Kier molecular flexibility index (Phi) is 3.01. The topological polar surface area (TPSA) is 20.2 Å². The number of hydrogen-bond acceptors (Lipinski definition) is 1. The highest BCUT2D eigenvalue weighted by atomic mass is 16.3. The molecule has 0 heterocycles. The lowest BCUT2D eigenvalue weighted by atomic mass is 9.97. The van der Waals surface area contributed by atoms with Crippen LogP contribution in [0.2, 0.25) is 0 Å². The second-order valence-corrected chi connectivity index (χ2v) is 4.43. The van der Waals surface area contributed by atoms with E-state index in [4.69, 9.17) is 0 Å². The molecule has 2 aromatic rings. The Morgan fingerprint density at radius 1 is 1.12 bits per heavy atom. The van der Waals surface area contributed by atoms with Gasteiger partial charge in [0.25, 0.3) is 0 Å². The van der Waals surface area contributed by atoms with Crippen molar-refractivity contribution in [2.75, 3.05) is 0 Å². The summed E-state index contributed by atoms with van der Waals surface area (Å²) in [7, 11) is 0. The normalized spacial score (nSPS) is 10.2. The van der Waals surface area contributed by atoms with Crippen LogP contribution in [0.5, 0.6) is 5.75 Å². The second-order valence-electron chi connectivity index (χ2n) is 4.43. The van der Waals surface area contributed by atoms with Gasteiger partial charge in [0, 0.05) is 5.56 Å². The molecule has 0 bridgehead atoms. The van der Waals surface area contributed by atoms with Crippen molar-refractivity contribution in [3.05, 3.63) is 60.2 Å². The first-order valence-corrected chi connectivity index (χ1v) is 5.64. The maximum absolute atomic E-state index is 10.0. The highest BCUT2D eigenvalue weighted by Crippen LogP contribution is 2.33. The van der Waals surface area contributed by atoms with E-state index in [1.807, 2.05) is 50.3 Å². The van der Waals surface area contributed by atoms with E-state index in [1.165, 1.54) is 5.57 Å². The minimum Gasteiger partial charge on any atom is -0.507 e. The molecule has 1 heteroatoms. The zero-order valence-electron chi connectivity index (χ0n) is 10.2. The van der Waals surface area contributed by atoms with Gasteiger partial charge in [-0.15, -0.1) is 0 Å². The Bertz CT molecular complexity index is 602. The van der Waals surface area contributed by atoms with Gasteiger partial charge in [-0.05, 0) is 36.3 Å². The van der Waals surface area contributed by atoms with Gasteiger partial charge in [0.15, 0.2) is 0 Å². The molecular formula is C16H16O. The molecule has 0 aliphatic carbocycles. The van der Waals surface area contributed by atoms with Crippen LogP contribution in [0.25, 0.3) is 16.3 Å². The van der Waals surface area contributed by atoms with Gasteiger partial charge in [-0.3, -0.25) is 0 Å². The summed E-state index contributed by atoms with van der Waals surface area (Å²) in [6, 6.07) is 11.7. The van der Waals surface area contributed by atoms with Gasteiger partial charge in [-0.1, -0.05) is 48.6 Å². The SMILES string of the molecule is C=C(C=C(C)C)c1c(O)ccc2ccccc12. The standard InChI is InChI=1S/C16H16O/c1-11(2)10-12(3)16-14-7-5-4-6-13(14)8-9-15(16)17/h4-10,17H,3H2,1-2H3. The zero-order chi connectivity index (χ0) is 12.4. The quantitative estimate of drug-likeness (QED) is 0.743. The number of phenolic OH excluding ortho intramolecular Hbond substituents is 1. The van der Waals surface area contributed by atoms with E-state index in [2.05, 4.69) is 6.58 Å². The maximum atomic E-state index is 10.0. The number of hydrogen-bond donors (Lipinski definition) is 1. The van der Waals surface area contributed by atoms with E-state index in [0.717, 1.165) is 21.9 Å². The minimum absolute atomic E-state index is 0.284. The van der Waals surface area contributed by atoms with Crippen LogP contribution in [-0.4, -0.2) is 5.11 Å². The fraction of sp³-hybridized carbons (Fsp3) is 0.125. The van der Waals surface area contributed by atoms with Gasteiger partial charge < -0.3 is 5.11 Å². The number of benzene rings is 2. The summed E-state index contributed by atoms with van der Waals surface area (Å²) in [4.78, 5) is 0. The summed E-state index contributed by atoms with van der Waals surface area (Å²) in [5.74, 6) is 0.284. The maximum Gasteiger partial charge on any atom is 0.124 e. The molecule has 0 aliphatic heterocycles. The summed E-state index contributed by atoms with van der Waals surface area (Å²) in [6.07, 6.45) is 1.99. The third kappa shape index (κ3) is 2.23. The number of fused-ring (bicyclic) bond motifs is 1. The summed E-state index contributed by atoms with van der Waals surface area (Å²) >= 11 is 0. The number of rotatable bonds is 2. The van der Waals surface area contributed by atoms with Crippen LogP contribution in [0.4, 0.5) is 0 Å². The van der Waals surface area contributed by atoms with Gasteiger partial charge >= 0.3 is 0 Å². The Hall–Kier alpha value is -2.02. The van der Waals surface area contributed by atoms with Crippen LogP contribution in [-0.2, 0) is 0 Å². The fourth-order valence-electron chi connectivity index (χ4n) is 2.02. The highest BCUT2D eigenvalue weighted by molar-refractivity contribution is 5.98. The molecule has 1 nitrogen and oxygen atoms in total. The molecule has 0 radical (unpaired) electrons. The summed E-state index contributed by atoms with van der Waals surface area (Å²) < 4.78 is 0. The minimum atomic E-state index is 0.284. The van der Waals surface area contributed by atoms with Gasteiger partial charge in [0.2, 0.25) is 0 Å². The van der Waals surface area contributed by atoms with Crippen molar-refractivity contribution in [2.45, 2.75) is 13.8 Å². The molecule has 0 unspecified atom stereocenters. The summed E-state index contributed by atoms with van der Waals surface area (Å²) in [5, 5.41) is 12.2. The molecule has 0 spiro atoms. The van der Waals surface area contributed by atoms with Crippen molar-refractivity contribution in [3.63, 3.8) is 0 Å². The van der Waals surface area contributed by atoms with Gasteiger partial charge in [-0.2, -0.15) is 0 Å². The van der Waals surface area contributed by atoms with Crippen molar-refractivity contribution < 1.29 is 5.11 Å². The van der Waals surface area contributed by atoms with E-state index in [-0.39, 0.29) is 5.75 Å². The van der Waals surface area contributed by atoms with Crippen molar-refractivity contribution in [1.82, 2.24) is 0 Å². The van der Waals surface area contributed by atoms with Crippen molar-refractivity contribution in [2.24, 2.45) is 0 Å². The van der Waals surface area contributed by atoms with Crippen LogP contribution in [0, 0.1) is 0 Å². The van der Waals surface area contributed by atoms with E-state index < -0.39 is 0 Å². The molecule has 86 valence electrons. The Labute approximate surface area is 102 Å². The molecule has 17 heavy (non-hydrogen) atoms. The molecule has 0 amide bonds. The molecule has 0 aliphatic rings. The molecule has 0 aromatic heterocycles. The van der Waals surface area contributed by atoms with Crippen molar-refractivity contribution in [1.29, 1.82) is 0 Å². The predicted octanol–water partition coefficient (Wildman–Crippen LogP) is 4.52. The molecule has 0 atom stereocenters. The molecule has 1 N–H and O–H groups in total. The van der Waals surface area contributed by atoms with E-state index in [1.54, 1.807) is 6.07 Å². The average molecular weight is 224 g/mol. The van der Waals surface area contributed by atoms with Crippen LogP contribution < -0.4 is 0 Å². The van der Waals surface area contributed by atoms with Gasteiger partial charge in [0.05, 0.1) is 0 Å². The first kappa shape index (κ1) is 11.5. The number of aromatic hydroxyl groups is 1. The highest BCUT2D eigenvalue weighted by Gasteiger charge is 2.08. The van der Waals surface area contributed by atoms with Crippen LogP contribution in [0.15, 0.2) is 54.6 Å². The molecule has 2 aromatic carbocycles. The zero-order valence-corrected chi connectivity index (χ0v) is 10.2. The lowest BCUT2D eigenvalue weighted by Crippen LogP contribution is -1.85. The van der Waals surface area contributed by atoms with E-state index in [0.29, 0.717) is 0 Å². The monoisotopic (exact) mass is 224 g/mol. The van der Waals surface area contributed by atoms with Crippen LogP contribution in [0.3, 0.4) is 0 Å². The van der Waals surface area contributed by atoms with E-state index in [9.17, 15) is 5.11 Å². The van der Waals surface area contributed by atoms with Crippen LogP contribution >= 0.6 is 0 Å². The smallest absolute Gasteiger partial charge is 0.124 e. The van der Waals surface area contributed by atoms with Crippen molar-refractivity contribution >= 4 is 16.3 Å². The number of phenols is 1. The fourth-order valence-corrected chi connectivity index (χ4v) is 2.02. The average Bonchev–Trinajstić information content (AvgIpc) is 2.27. The lowest BCUT2D eigenvalue weighted by molar-refractivity contribution is 0.474. The Balaban J connectivity index is 2.71. The molecule has 0 saturated carbocycles. The molecule has 2 rings (SSSR count). The molecular weight excluding hydrogens is 208 g/mol. The van der Waals surface area contributed by atoms with E-state index >= 15 is 0 Å². The summed E-state index contributed by atoms with van der Waals surface area (Å²) in [5.41, 5.74) is 2.84. The largest absolute Gasteiger partial charge is 0.507 e. The number of allylic oxidation sites excluding steroid dienone is 3.